The summed E-state index contributed by atoms with van der Waals surface area (Å²) in [7, 11) is 0. The number of hydrogen-bond acceptors (Lipinski definition) is 2. The Bertz CT molecular complexity index is 779. The van der Waals surface area contributed by atoms with Gasteiger partial charge in [-0.3, -0.25) is 4.90 Å². The first-order chi connectivity index (χ1) is 12.8. The van der Waals surface area contributed by atoms with Gasteiger partial charge in [0.05, 0.1) is 11.4 Å². The molecule has 1 aliphatic heterocycles. The standard InChI is InChI=1S/C23H31N3/c1-3-7-25(8-4-1)16-20-22(24-21-6-2-5-9-26(20)21)23-13-17-10-18(14-23)12-19(11-17)15-23/h2,5-6,9,17-19H,1,3-4,7-8,10-16H2. The van der Waals surface area contributed by atoms with E-state index in [1.165, 1.54) is 87.9 Å². The summed E-state index contributed by atoms with van der Waals surface area (Å²) in [6, 6.07) is 6.54. The first kappa shape index (κ1) is 15.7. The van der Waals surface area contributed by atoms with E-state index in [-0.39, 0.29) is 0 Å². The molecule has 0 aromatic carbocycles. The molecule has 3 nitrogen and oxygen atoms in total. The van der Waals surface area contributed by atoms with Gasteiger partial charge in [0.2, 0.25) is 0 Å². The van der Waals surface area contributed by atoms with Crippen molar-refractivity contribution in [1.82, 2.24) is 14.3 Å². The third-order valence-corrected chi connectivity index (χ3v) is 7.99. The number of pyridine rings is 1. The van der Waals surface area contributed by atoms with Crippen molar-refractivity contribution in [3.63, 3.8) is 0 Å². The number of likely N-dealkylation sites (tertiary alicyclic amines) is 1. The summed E-state index contributed by atoms with van der Waals surface area (Å²) in [5.74, 6) is 2.94. The van der Waals surface area contributed by atoms with E-state index in [1.807, 2.05) is 0 Å². The van der Waals surface area contributed by atoms with Crippen LogP contribution in [0.3, 0.4) is 0 Å². The van der Waals surface area contributed by atoms with E-state index < -0.39 is 0 Å². The maximum absolute atomic E-state index is 5.30. The van der Waals surface area contributed by atoms with Crippen LogP contribution in [0.4, 0.5) is 0 Å². The topological polar surface area (TPSA) is 20.5 Å². The second-order valence-electron chi connectivity index (χ2n) is 9.87. The van der Waals surface area contributed by atoms with Crippen LogP contribution in [0.5, 0.6) is 0 Å². The lowest BCUT2D eigenvalue weighted by Crippen LogP contribution is -2.49. The fourth-order valence-corrected chi connectivity index (χ4v) is 7.35. The third-order valence-electron chi connectivity index (χ3n) is 7.99. The van der Waals surface area contributed by atoms with E-state index in [4.69, 9.17) is 4.98 Å². The molecule has 4 aliphatic carbocycles. The van der Waals surface area contributed by atoms with Crippen LogP contribution in [0.15, 0.2) is 24.4 Å². The smallest absolute Gasteiger partial charge is 0.137 e. The molecule has 138 valence electrons. The highest BCUT2D eigenvalue weighted by molar-refractivity contribution is 5.46. The van der Waals surface area contributed by atoms with E-state index in [0.717, 1.165) is 24.3 Å². The van der Waals surface area contributed by atoms with Gasteiger partial charge in [0.15, 0.2) is 0 Å². The summed E-state index contributed by atoms with van der Waals surface area (Å²) < 4.78 is 2.42. The lowest BCUT2D eigenvalue weighted by atomic mass is 9.48. The first-order valence-corrected chi connectivity index (χ1v) is 11.0. The molecule has 2 aromatic rings. The molecule has 2 aromatic heterocycles. The molecule has 0 atom stereocenters. The van der Waals surface area contributed by atoms with Crippen molar-refractivity contribution in [2.75, 3.05) is 13.1 Å². The van der Waals surface area contributed by atoms with Crippen LogP contribution in [-0.4, -0.2) is 27.4 Å². The maximum atomic E-state index is 5.30. The molecule has 1 saturated heterocycles. The van der Waals surface area contributed by atoms with Crippen LogP contribution in [0.2, 0.25) is 0 Å². The van der Waals surface area contributed by atoms with Gasteiger partial charge in [0.1, 0.15) is 5.65 Å². The van der Waals surface area contributed by atoms with Gasteiger partial charge in [-0.15, -0.1) is 0 Å². The highest BCUT2D eigenvalue weighted by Gasteiger charge is 2.53. The Morgan fingerprint density at radius 1 is 0.923 bits per heavy atom. The van der Waals surface area contributed by atoms with Gasteiger partial charge in [-0.2, -0.15) is 0 Å². The number of imidazole rings is 1. The molecular formula is C23H31N3. The van der Waals surface area contributed by atoms with Gasteiger partial charge in [-0.25, -0.2) is 4.98 Å². The summed E-state index contributed by atoms with van der Waals surface area (Å²) in [6.07, 6.45) is 15.2. The molecule has 5 aliphatic rings. The minimum Gasteiger partial charge on any atom is -0.302 e. The van der Waals surface area contributed by atoms with E-state index in [9.17, 15) is 0 Å². The monoisotopic (exact) mass is 349 g/mol. The predicted octanol–water partition coefficient (Wildman–Crippen LogP) is 4.79. The van der Waals surface area contributed by atoms with Crippen LogP contribution >= 0.6 is 0 Å². The van der Waals surface area contributed by atoms with Crippen molar-refractivity contribution < 1.29 is 0 Å². The van der Waals surface area contributed by atoms with Crippen LogP contribution in [0.1, 0.15) is 69.2 Å². The van der Waals surface area contributed by atoms with Gasteiger partial charge in [-0.1, -0.05) is 12.5 Å². The fraction of sp³-hybridized carbons (Fsp3) is 0.696. The molecule has 3 heteroatoms. The molecule has 26 heavy (non-hydrogen) atoms. The number of fused-ring (bicyclic) bond motifs is 1. The quantitative estimate of drug-likeness (QED) is 0.794. The lowest BCUT2D eigenvalue weighted by molar-refractivity contribution is -0.00775. The van der Waals surface area contributed by atoms with Crippen LogP contribution in [0, 0.1) is 17.8 Å². The van der Waals surface area contributed by atoms with Crippen molar-refractivity contribution in [3.8, 4) is 0 Å². The number of piperidine rings is 1. The summed E-state index contributed by atoms with van der Waals surface area (Å²) in [5.41, 5.74) is 4.58. The van der Waals surface area contributed by atoms with Gasteiger partial charge in [-0.05, 0) is 94.3 Å². The average Bonchev–Trinajstić information content (AvgIpc) is 3.01. The van der Waals surface area contributed by atoms with Crippen molar-refractivity contribution in [2.24, 2.45) is 17.8 Å². The number of aromatic nitrogens is 2. The summed E-state index contributed by atoms with van der Waals surface area (Å²) >= 11 is 0. The minimum absolute atomic E-state index is 0.395. The van der Waals surface area contributed by atoms with Crippen LogP contribution in [-0.2, 0) is 12.0 Å². The molecule has 3 heterocycles. The zero-order valence-electron chi connectivity index (χ0n) is 15.9. The van der Waals surface area contributed by atoms with Crippen molar-refractivity contribution >= 4 is 5.65 Å². The van der Waals surface area contributed by atoms with E-state index >= 15 is 0 Å². The molecule has 0 N–H and O–H groups in total. The summed E-state index contributed by atoms with van der Waals surface area (Å²) in [5, 5.41) is 0. The zero-order valence-corrected chi connectivity index (χ0v) is 15.9. The Kier molecular flexibility index (Phi) is 3.51. The normalized spacial score (nSPS) is 36.8. The lowest BCUT2D eigenvalue weighted by Gasteiger charge is -2.56. The van der Waals surface area contributed by atoms with Crippen molar-refractivity contribution in [3.05, 3.63) is 35.8 Å². The van der Waals surface area contributed by atoms with Crippen LogP contribution < -0.4 is 0 Å². The number of nitrogens with zero attached hydrogens (tertiary/aromatic N) is 3. The Morgan fingerprint density at radius 2 is 1.62 bits per heavy atom. The maximum Gasteiger partial charge on any atom is 0.137 e. The van der Waals surface area contributed by atoms with Gasteiger partial charge >= 0.3 is 0 Å². The molecule has 7 rings (SSSR count). The SMILES string of the molecule is c1ccn2c(CN3CCCCC3)c(C34CC5CC(CC(C5)C3)C4)nc2c1. The van der Waals surface area contributed by atoms with E-state index in [2.05, 4.69) is 33.7 Å². The Balaban J connectivity index is 1.45. The van der Waals surface area contributed by atoms with E-state index in [0.29, 0.717) is 5.41 Å². The van der Waals surface area contributed by atoms with E-state index in [1.54, 1.807) is 0 Å². The highest BCUT2D eigenvalue weighted by Crippen LogP contribution is 2.61. The molecule has 0 spiro atoms. The Hall–Kier alpha value is -1.35. The molecule has 0 amide bonds. The Labute approximate surface area is 156 Å². The van der Waals surface area contributed by atoms with Gasteiger partial charge < -0.3 is 4.40 Å². The largest absolute Gasteiger partial charge is 0.302 e. The number of rotatable bonds is 3. The fourth-order valence-electron chi connectivity index (χ4n) is 7.35. The average molecular weight is 350 g/mol. The van der Waals surface area contributed by atoms with Gasteiger partial charge in [0, 0.05) is 18.2 Å². The van der Waals surface area contributed by atoms with Crippen LogP contribution in [0.25, 0.3) is 5.65 Å². The highest BCUT2D eigenvalue weighted by atomic mass is 15.2. The summed E-state index contributed by atoms with van der Waals surface area (Å²) in [6.45, 7) is 3.63. The molecule has 4 bridgehead atoms. The number of hydrogen-bond donors (Lipinski definition) is 0. The Morgan fingerprint density at radius 3 is 2.31 bits per heavy atom. The zero-order chi connectivity index (χ0) is 17.1. The third kappa shape index (κ3) is 2.39. The molecule has 0 radical (unpaired) electrons. The van der Waals surface area contributed by atoms with Crippen molar-refractivity contribution in [1.29, 1.82) is 0 Å². The second-order valence-corrected chi connectivity index (χ2v) is 9.87. The van der Waals surface area contributed by atoms with Crippen molar-refractivity contribution in [2.45, 2.75) is 69.7 Å². The summed E-state index contributed by atoms with van der Waals surface area (Å²) in [4.78, 5) is 7.99. The van der Waals surface area contributed by atoms with Gasteiger partial charge in [0.25, 0.3) is 0 Å². The second kappa shape index (κ2) is 5.82. The molecular weight excluding hydrogens is 318 g/mol. The molecule has 0 unspecified atom stereocenters. The minimum atomic E-state index is 0.395. The molecule has 5 fully saturated rings. The predicted molar refractivity (Wildman–Crippen MR) is 104 cm³/mol. The molecule has 4 saturated carbocycles. The first-order valence-electron chi connectivity index (χ1n) is 11.0.